The van der Waals surface area contributed by atoms with Crippen LogP contribution < -0.4 is 0 Å². The SMILES string of the molecule is COC(=O)C1(C)OC1(C)C1CC2CCC1O2. The van der Waals surface area contributed by atoms with Gasteiger partial charge in [-0.1, -0.05) is 0 Å². The Hall–Kier alpha value is -0.610. The van der Waals surface area contributed by atoms with Crippen LogP contribution in [-0.2, 0) is 19.0 Å². The van der Waals surface area contributed by atoms with Crippen LogP contribution in [0.2, 0.25) is 0 Å². The molecule has 0 amide bonds. The Kier molecular flexibility index (Phi) is 1.97. The Labute approximate surface area is 95.2 Å². The number of epoxide rings is 1. The molecule has 0 aromatic rings. The number of methoxy groups -OCH3 is 1. The van der Waals surface area contributed by atoms with E-state index in [1.807, 2.05) is 13.8 Å². The van der Waals surface area contributed by atoms with Crippen molar-refractivity contribution in [1.82, 2.24) is 0 Å². The normalized spacial score (nSPS) is 54.1. The lowest BCUT2D eigenvalue weighted by Gasteiger charge is -2.24. The maximum atomic E-state index is 11.7. The minimum Gasteiger partial charge on any atom is -0.467 e. The molecule has 3 heterocycles. The van der Waals surface area contributed by atoms with Gasteiger partial charge in [-0.2, -0.15) is 0 Å². The Morgan fingerprint density at radius 3 is 2.62 bits per heavy atom. The minimum absolute atomic E-state index is 0.266. The molecule has 3 aliphatic rings. The molecule has 0 aromatic heterocycles. The molecular weight excluding hydrogens is 208 g/mol. The maximum absolute atomic E-state index is 11.7. The molecule has 3 saturated heterocycles. The van der Waals surface area contributed by atoms with E-state index < -0.39 is 5.60 Å². The molecule has 2 bridgehead atoms. The van der Waals surface area contributed by atoms with Crippen molar-refractivity contribution >= 4 is 5.97 Å². The molecule has 0 saturated carbocycles. The van der Waals surface area contributed by atoms with E-state index in [2.05, 4.69) is 0 Å². The molecule has 3 rings (SSSR count). The van der Waals surface area contributed by atoms with Gasteiger partial charge in [0.15, 0.2) is 5.60 Å². The van der Waals surface area contributed by atoms with Gasteiger partial charge in [-0.25, -0.2) is 4.79 Å². The number of esters is 1. The fourth-order valence-electron chi connectivity index (χ4n) is 3.48. The largest absolute Gasteiger partial charge is 0.467 e. The Morgan fingerprint density at radius 1 is 1.38 bits per heavy atom. The van der Waals surface area contributed by atoms with Gasteiger partial charge in [0, 0.05) is 5.92 Å². The first kappa shape index (κ1) is 10.5. The second-order valence-electron chi connectivity index (χ2n) is 5.45. The summed E-state index contributed by atoms with van der Waals surface area (Å²) in [5.41, 5.74) is -1.15. The smallest absolute Gasteiger partial charge is 0.340 e. The summed E-state index contributed by atoms with van der Waals surface area (Å²) in [4.78, 5) is 11.7. The van der Waals surface area contributed by atoms with Crippen LogP contribution in [0.25, 0.3) is 0 Å². The molecule has 0 N–H and O–H groups in total. The molecular formula is C12H18O4. The molecule has 4 nitrogen and oxygen atoms in total. The Bertz CT molecular complexity index is 342. The Balaban J connectivity index is 1.79. The molecule has 0 aliphatic carbocycles. The van der Waals surface area contributed by atoms with Crippen molar-refractivity contribution < 1.29 is 19.0 Å². The van der Waals surface area contributed by atoms with Gasteiger partial charge in [0.2, 0.25) is 0 Å². The molecule has 4 heteroatoms. The molecule has 0 radical (unpaired) electrons. The Morgan fingerprint density at radius 2 is 2.12 bits per heavy atom. The average Bonchev–Trinajstić information content (AvgIpc) is 2.69. The van der Waals surface area contributed by atoms with Crippen LogP contribution in [0.3, 0.4) is 0 Å². The zero-order valence-electron chi connectivity index (χ0n) is 9.99. The van der Waals surface area contributed by atoms with E-state index in [4.69, 9.17) is 14.2 Å². The highest BCUT2D eigenvalue weighted by Crippen LogP contribution is 2.59. The van der Waals surface area contributed by atoms with E-state index in [0.717, 1.165) is 19.3 Å². The zero-order chi connectivity index (χ0) is 11.6. The van der Waals surface area contributed by atoms with Gasteiger partial charge >= 0.3 is 5.97 Å². The van der Waals surface area contributed by atoms with E-state index in [1.54, 1.807) is 0 Å². The van der Waals surface area contributed by atoms with E-state index in [-0.39, 0.29) is 17.7 Å². The number of fused-ring (bicyclic) bond motifs is 2. The molecule has 5 unspecified atom stereocenters. The van der Waals surface area contributed by atoms with Crippen LogP contribution in [0.1, 0.15) is 33.1 Å². The monoisotopic (exact) mass is 226 g/mol. The van der Waals surface area contributed by atoms with Crippen LogP contribution in [0.4, 0.5) is 0 Å². The number of carbonyl (C=O) groups is 1. The highest BCUT2D eigenvalue weighted by Gasteiger charge is 2.75. The predicted molar refractivity (Wildman–Crippen MR) is 55.9 cm³/mol. The van der Waals surface area contributed by atoms with Crippen molar-refractivity contribution in [2.24, 2.45) is 5.92 Å². The van der Waals surface area contributed by atoms with Crippen molar-refractivity contribution in [2.75, 3.05) is 7.11 Å². The lowest BCUT2D eigenvalue weighted by Crippen LogP contribution is -2.39. The summed E-state index contributed by atoms with van der Waals surface area (Å²) in [7, 11) is 1.41. The first-order chi connectivity index (χ1) is 7.51. The lowest BCUT2D eigenvalue weighted by atomic mass is 9.75. The van der Waals surface area contributed by atoms with E-state index >= 15 is 0 Å². The molecule has 5 atom stereocenters. The van der Waals surface area contributed by atoms with E-state index in [0.29, 0.717) is 12.0 Å². The van der Waals surface area contributed by atoms with Crippen molar-refractivity contribution in [2.45, 2.75) is 56.5 Å². The van der Waals surface area contributed by atoms with Gasteiger partial charge < -0.3 is 14.2 Å². The maximum Gasteiger partial charge on any atom is 0.340 e. The molecule has 0 aromatic carbocycles. The highest BCUT2D eigenvalue weighted by atomic mass is 16.7. The molecule has 16 heavy (non-hydrogen) atoms. The molecule has 3 aliphatic heterocycles. The van der Waals surface area contributed by atoms with Gasteiger partial charge in [0.05, 0.1) is 19.3 Å². The number of carbonyl (C=O) groups excluding carboxylic acids is 1. The highest BCUT2D eigenvalue weighted by molar-refractivity contribution is 5.84. The third kappa shape index (κ3) is 1.09. The average molecular weight is 226 g/mol. The van der Waals surface area contributed by atoms with Crippen molar-refractivity contribution in [3.05, 3.63) is 0 Å². The van der Waals surface area contributed by atoms with Crippen LogP contribution in [-0.4, -0.2) is 36.5 Å². The quantitative estimate of drug-likeness (QED) is 0.525. The summed E-state index contributed by atoms with van der Waals surface area (Å²) in [5, 5.41) is 0. The summed E-state index contributed by atoms with van der Waals surface area (Å²) >= 11 is 0. The van der Waals surface area contributed by atoms with Crippen LogP contribution in [0.5, 0.6) is 0 Å². The van der Waals surface area contributed by atoms with Crippen LogP contribution in [0, 0.1) is 5.92 Å². The van der Waals surface area contributed by atoms with Crippen molar-refractivity contribution in [1.29, 1.82) is 0 Å². The van der Waals surface area contributed by atoms with Crippen molar-refractivity contribution in [3.63, 3.8) is 0 Å². The minimum atomic E-state index is -0.764. The van der Waals surface area contributed by atoms with Crippen LogP contribution >= 0.6 is 0 Å². The van der Waals surface area contributed by atoms with Gasteiger partial charge in [-0.05, 0) is 33.1 Å². The molecule has 3 fully saturated rings. The fraction of sp³-hybridized carbons (Fsp3) is 0.917. The first-order valence-electron chi connectivity index (χ1n) is 5.95. The number of hydrogen-bond acceptors (Lipinski definition) is 4. The summed E-state index contributed by atoms with van der Waals surface area (Å²) < 4.78 is 16.4. The van der Waals surface area contributed by atoms with E-state index in [9.17, 15) is 4.79 Å². The van der Waals surface area contributed by atoms with Gasteiger partial charge in [0.25, 0.3) is 0 Å². The third-order valence-electron chi connectivity index (χ3n) is 4.71. The lowest BCUT2D eigenvalue weighted by molar-refractivity contribution is -0.146. The standard InChI is InChI=1S/C12H18O4/c1-11(12(2,16-11)10(13)14-3)8-6-7-4-5-9(8)15-7/h7-9H,4-6H2,1-3H3. The summed E-state index contributed by atoms with van der Waals surface area (Å²) in [6.45, 7) is 3.84. The molecule has 0 spiro atoms. The zero-order valence-corrected chi connectivity index (χ0v) is 9.99. The number of ether oxygens (including phenoxy) is 3. The van der Waals surface area contributed by atoms with Gasteiger partial charge in [-0.15, -0.1) is 0 Å². The van der Waals surface area contributed by atoms with Crippen molar-refractivity contribution in [3.8, 4) is 0 Å². The summed E-state index contributed by atoms with van der Waals surface area (Å²) in [6.07, 6.45) is 3.95. The summed E-state index contributed by atoms with van der Waals surface area (Å²) in [5.74, 6) is 0.0770. The second-order valence-corrected chi connectivity index (χ2v) is 5.45. The predicted octanol–water partition coefficient (Wildman–Crippen LogP) is 1.27. The van der Waals surface area contributed by atoms with Gasteiger partial charge in [-0.3, -0.25) is 0 Å². The fourth-order valence-corrected chi connectivity index (χ4v) is 3.48. The molecule has 90 valence electrons. The number of hydrogen-bond donors (Lipinski definition) is 0. The first-order valence-corrected chi connectivity index (χ1v) is 5.95. The van der Waals surface area contributed by atoms with Gasteiger partial charge in [0.1, 0.15) is 5.60 Å². The summed E-state index contributed by atoms with van der Waals surface area (Å²) in [6, 6.07) is 0. The topological polar surface area (TPSA) is 48.1 Å². The third-order valence-corrected chi connectivity index (χ3v) is 4.71. The van der Waals surface area contributed by atoms with E-state index in [1.165, 1.54) is 7.11 Å². The van der Waals surface area contributed by atoms with Crippen LogP contribution in [0.15, 0.2) is 0 Å². The number of rotatable bonds is 2. The second kappa shape index (κ2) is 2.99.